The van der Waals surface area contributed by atoms with Gasteiger partial charge in [-0.15, -0.1) is 0 Å². The molecule has 5 rings (SSSR count). The molecule has 4 aromatic rings. The number of nitrogens with two attached hydrogens (primary N) is 1. The molecule has 2 aromatic carbocycles. The fraction of sp³-hybridized carbons (Fsp3) is 0.368. The van der Waals surface area contributed by atoms with E-state index in [9.17, 15) is 14.4 Å². The summed E-state index contributed by atoms with van der Waals surface area (Å²) in [5.74, 6) is -3.18. The normalized spacial score (nSPS) is 15.2. The number of rotatable bonds is 14. The Labute approximate surface area is 317 Å². The number of halogens is 3. The summed E-state index contributed by atoms with van der Waals surface area (Å²) in [5, 5.41) is 9.59. The summed E-state index contributed by atoms with van der Waals surface area (Å²) in [7, 11) is 7.05. The summed E-state index contributed by atoms with van der Waals surface area (Å²) in [5.41, 5.74) is 6.98. The van der Waals surface area contributed by atoms with Gasteiger partial charge in [0.2, 0.25) is 0 Å². The van der Waals surface area contributed by atoms with Gasteiger partial charge < -0.3 is 30.2 Å². The molecule has 1 saturated heterocycles. The Morgan fingerprint density at radius 1 is 1.09 bits per heavy atom. The number of aromatic nitrogens is 4. The number of aromatic amines is 1. The molecule has 0 aliphatic carbocycles. The molecule has 1 aliphatic rings. The number of H-pyrrole nitrogens is 1. The van der Waals surface area contributed by atoms with Gasteiger partial charge in [0.05, 0.1) is 34.4 Å². The first kappa shape index (κ1) is 39.9. The van der Waals surface area contributed by atoms with Gasteiger partial charge in [0, 0.05) is 92.6 Å². The van der Waals surface area contributed by atoms with Crippen LogP contribution in [0.5, 0.6) is 0 Å². The number of allylic oxidation sites excluding steroid dienone is 1. The number of aliphatic imine (C=N–C) groups is 1. The molecule has 1 aliphatic heterocycles. The number of nitrogens with zero attached hydrogens (tertiary/aromatic N) is 7. The molecule has 54 heavy (non-hydrogen) atoms. The van der Waals surface area contributed by atoms with Crippen LogP contribution in [-0.2, 0) is 11.8 Å². The molecular weight excluding hydrogens is 718 g/mol. The zero-order chi connectivity index (χ0) is 39.2. The average molecular weight is 763 g/mol. The predicted molar refractivity (Wildman–Crippen MR) is 206 cm³/mol. The molecule has 0 radical (unpaired) electrons. The lowest BCUT2D eigenvalue weighted by Crippen LogP contribution is -2.52. The van der Waals surface area contributed by atoms with Crippen molar-refractivity contribution >= 4 is 47.2 Å². The molecular formula is C38H45ClF2N10O3. The second-order valence-corrected chi connectivity index (χ2v) is 14.0. The first-order valence-corrected chi connectivity index (χ1v) is 17.9. The molecule has 0 saturated carbocycles. The van der Waals surface area contributed by atoms with Gasteiger partial charge in [-0.25, -0.2) is 13.8 Å². The monoisotopic (exact) mass is 762 g/mol. The van der Waals surface area contributed by atoms with E-state index in [1.54, 1.807) is 24.1 Å². The van der Waals surface area contributed by atoms with Gasteiger partial charge in [-0.05, 0) is 57.7 Å². The Morgan fingerprint density at radius 3 is 2.43 bits per heavy atom. The lowest BCUT2D eigenvalue weighted by atomic mass is 9.82. The summed E-state index contributed by atoms with van der Waals surface area (Å²) < 4.78 is 32.5. The molecule has 13 nitrogen and oxygen atoms in total. The Bertz CT molecular complexity index is 2070. The summed E-state index contributed by atoms with van der Waals surface area (Å²) in [6.07, 6.45) is 7.99. The third kappa shape index (κ3) is 8.43. The van der Waals surface area contributed by atoms with Crippen molar-refractivity contribution < 1.29 is 23.2 Å². The number of piperazine rings is 1. The van der Waals surface area contributed by atoms with Crippen LogP contribution < -0.4 is 11.1 Å². The summed E-state index contributed by atoms with van der Waals surface area (Å²) >= 11 is 6.56. The van der Waals surface area contributed by atoms with E-state index in [0.29, 0.717) is 55.2 Å². The van der Waals surface area contributed by atoms with E-state index in [1.807, 2.05) is 21.0 Å². The molecule has 16 heteroatoms. The van der Waals surface area contributed by atoms with Crippen LogP contribution in [0.3, 0.4) is 0 Å². The molecule has 1 atom stereocenters. The van der Waals surface area contributed by atoms with Gasteiger partial charge in [0.1, 0.15) is 6.29 Å². The molecule has 0 spiro atoms. The Morgan fingerprint density at radius 2 is 1.80 bits per heavy atom. The fourth-order valence-electron chi connectivity index (χ4n) is 6.54. The van der Waals surface area contributed by atoms with Crippen molar-refractivity contribution in [3.8, 4) is 22.4 Å². The van der Waals surface area contributed by atoms with Crippen LogP contribution in [0, 0.1) is 17.0 Å². The molecule has 3 heterocycles. The molecule has 1 fully saturated rings. The molecule has 4 N–H and O–H groups in total. The third-order valence-corrected chi connectivity index (χ3v) is 10.2. The minimum atomic E-state index is -1.14. The quantitative estimate of drug-likeness (QED) is 0.120. The van der Waals surface area contributed by atoms with Gasteiger partial charge in [0.15, 0.2) is 17.5 Å². The number of aldehydes is 1. The third-order valence-electron chi connectivity index (χ3n) is 9.88. The molecule has 286 valence electrons. The molecule has 2 aromatic heterocycles. The number of imidazole rings is 1. The first-order chi connectivity index (χ1) is 25.9. The van der Waals surface area contributed by atoms with Crippen LogP contribution in [-0.4, -0.2) is 119 Å². The van der Waals surface area contributed by atoms with E-state index >= 15 is 8.78 Å². The zero-order valence-electron chi connectivity index (χ0n) is 31.0. The molecule has 2 amide bonds. The number of hydrogen-bond donors (Lipinski definition) is 3. The predicted octanol–water partition coefficient (Wildman–Crippen LogP) is 4.97. The topological polar surface area (TPSA) is 158 Å². The maximum atomic E-state index is 15.6. The van der Waals surface area contributed by atoms with Gasteiger partial charge in [-0.1, -0.05) is 24.6 Å². The van der Waals surface area contributed by atoms with Crippen LogP contribution in [0.15, 0.2) is 53.9 Å². The van der Waals surface area contributed by atoms with Gasteiger partial charge in [-0.2, -0.15) is 5.10 Å². The van der Waals surface area contributed by atoms with Crippen molar-refractivity contribution in [3.63, 3.8) is 0 Å². The highest BCUT2D eigenvalue weighted by atomic mass is 35.5. The largest absolute Gasteiger partial charge is 0.404 e. The van der Waals surface area contributed by atoms with Crippen LogP contribution in [0.2, 0.25) is 5.02 Å². The Kier molecular flexibility index (Phi) is 12.8. The number of benzene rings is 2. The van der Waals surface area contributed by atoms with Crippen LogP contribution >= 0.6 is 11.6 Å². The first-order valence-electron chi connectivity index (χ1n) is 17.5. The van der Waals surface area contributed by atoms with Crippen LogP contribution in [0.25, 0.3) is 28.0 Å². The van der Waals surface area contributed by atoms with Crippen LogP contribution in [0.1, 0.15) is 46.4 Å². The number of hydrogen-bond acceptors (Lipinski definition) is 9. The minimum Gasteiger partial charge on any atom is -0.404 e. The highest BCUT2D eigenvalue weighted by Gasteiger charge is 2.33. The number of anilines is 1. The molecule has 1 unspecified atom stereocenters. The van der Waals surface area contributed by atoms with Crippen molar-refractivity contribution in [3.05, 3.63) is 82.7 Å². The van der Waals surface area contributed by atoms with E-state index in [0.717, 1.165) is 25.7 Å². The van der Waals surface area contributed by atoms with Crippen molar-refractivity contribution in [1.82, 2.24) is 34.4 Å². The Hall–Kier alpha value is -5.25. The summed E-state index contributed by atoms with van der Waals surface area (Å²) in [4.78, 5) is 53.0. The number of amides is 2. The summed E-state index contributed by atoms with van der Waals surface area (Å²) in [6.45, 7) is 5.74. The smallest absolute Gasteiger partial charge is 0.291 e. The second-order valence-electron chi connectivity index (χ2n) is 13.6. The maximum Gasteiger partial charge on any atom is 0.291 e. The van der Waals surface area contributed by atoms with Gasteiger partial charge >= 0.3 is 0 Å². The number of carbonyl (C=O) groups excluding carboxylic acids is 3. The number of nitrogens with one attached hydrogen (secondary N) is 2. The van der Waals surface area contributed by atoms with Crippen molar-refractivity contribution in [2.75, 3.05) is 65.7 Å². The van der Waals surface area contributed by atoms with Crippen LogP contribution in [0.4, 0.5) is 14.5 Å². The zero-order valence-corrected chi connectivity index (χ0v) is 31.8. The fourth-order valence-corrected chi connectivity index (χ4v) is 6.80. The van der Waals surface area contributed by atoms with Gasteiger partial charge in [-0.3, -0.25) is 24.6 Å². The second kappa shape index (κ2) is 17.3. The lowest BCUT2D eigenvalue weighted by Gasteiger charge is -2.39. The standard InChI is InChI=1S/C38H45ClF2N10O3/c1-6-38(23-52,11-12-48(3)4)22-50-13-15-51(16-14-50)37(54)27-8-7-25(17-30(27)39)46-36(53)35-44-21-31(49(35)5)28-10-9-26(32(40)33(28)41)29-20-45-47-34(29)24(18-42)19-43-2/h7-10,17-21,23H,6,11-16,22,42H2,1-5H3,(H,45,47)(H,46,53). The SMILES string of the molecule is CCC(C=O)(CCN(C)C)CN1CCN(C(=O)c2ccc(NC(=O)c3ncc(-c4ccc(-c5cn[nH]c5C(C=NC)=CN)c(F)c4F)n3C)cc2Cl)CC1. The van der Waals surface area contributed by atoms with E-state index in [4.69, 9.17) is 17.3 Å². The number of carbonyl (C=O) groups is 3. The van der Waals surface area contributed by atoms with E-state index in [2.05, 4.69) is 35.3 Å². The van der Waals surface area contributed by atoms with Gasteiger partial charge in [0.25, 0.3) is 11.8 Å². The van der Waals surface area contributed by atoms with E-state index in [-0.39, 0.29) is 39.1 Å². The summed E-state index contributed by atoms with van der Waals surface area (Å²) in [6, 6.07) is 7.41. The highest BCUT2D eigenvalue weighted by molar-refractivity contribution is 6.34. The maximum absolute atomic E-state index is 15.6. The van der Waals surface area contributed by atoms with E-state index < -0.39 is 23.0 Å². The Balaban J connectivity index is 1.25. The lowest BCUT2D eigenvalue weighted by molar-refractivity contribution is -0.118. The highest BCUT2D eigenvalue weighted by Crippen LogP contribution is 2.34. The van der Waals surface area contributed by atoms with Crippen molar-refractivity contribution in [1.29, 1.82) is 0 Å². The van der Waals surface area contributed by atoms with Crippen molar-refractivity contribution in [2.24, 2.45) is 23.2 Å². The average Bonchev–Trinajstić information content (AvgIpc) is 3.80. The van der Waals surface area contributed by atoms with E-state index in [1.165, 1.54) is 54.6 Å². The van der Waals surface area contributed by atoms with Crippen molar-refractivity contribution in [2.45, 2.75) is 19.8 Å². The molecule has 0 bridgehead atoms. The minimum absolute atomic E-state index is 0.0474.